The fourth-order valence-electron chi connectivity index (χ4n) is 4.10. The fraction of sp³-hybridized carbons (Fsp3) is 0. The molecule has 0 atom stereocenters. The van der Waals surface area contributed by atoms with Crippen molar-refractivity contribution in [3.05, 3.63) is 133 Å². The first-order valence-electron chi connectivity index (χ1n) is 11.8. The Morgan fingerprint density at radius 3 is 0.889 bits per heavy atom. The molecule has 0 N–H and O–H groups in total. The predicted octanol–water partition coefficient (Wildman–Crippen LogP) is 7.60. The summed E-state index contributed by atoms with van der Waals surface area (Å²) in [7, 11) is 0. The topological polar surface area (TPSA) is 51.6 Å². The number of benzene rings is 4. The molecule has 0 radical (unpaired) electrons. The molecule has 6 rings (SSSR count). The van der Waals surface area contributed by atoms with Crippen LogP contribution in [0.4, 0.5) is 0 Å². The second-order valence-electron chi connectivity index (χ2n) is 8.39. The van der Waals surface area contributed by atoms with Gasteiger partial charge in [0.15, 0.2) is 11.6 Å². The third-order valence-corrected chi connectivity index (χ3v) is 5.92. The second-order valence-corrected chi connectivity index (χ2v) is 8.39. The summed E-state index contributed by atoms with van der Waals surface area (Å²) in [5.74, 6) is 1.32. The molecule has 170 valence electrons. The highest BCUT2D eigenvalue weighted by Gasteiger charge is 2.15. The van der Waals surface area contributed by atoms with Crippen molar-refractivity contribution in [2.45, 2.75) is 0 Å². The van der Waals surface area contributed by atoms with Gasteiger partial charge in [-0.3, -0.25) is 0 Å². The first-order chi connectivity index (χ1) is 17.8. The normalized spacial score (nSPS) is 10.8. The first kappa shape index (κ1) is 21.6. The zero-order valence-corrected chi connectivity index (χ0v) is 19.5. The number of rotatable bonds is 5. The lowest BCUT2D eigenvalue weighted by atomic mass is 10.1. The van der Waals surface area contributed by atoms with Crippen molar-refractivity contribution in [2.75, 3.05) is 0 Å². The van der Waals surface area contributed by atoms with Crippen LogP contribution in [0.25, 0.3) is 56.7 Å². The van der Waals surface area contributed by atoms with Gasteiger partial charge in [-0.1, -0.05) is 121 Å². The van der Waals surface area contributed by atoms with Gasteiger partial charge in [-0.25, -0.2) is 19.9 Å². The van der Waals surface area contributed by atoms with Crippen LogP contribution < -0.4 is 0 Å². The predicted molar refractivity (Wildman–Crippen MR) is 145 cm³/mol. The van der Waals surface area contributed by atoms with Crippen LogP contribution in [0.2, 0.25) is 0 Å². The van der Waals surface area contributed by atoms with Crippen molar-refractivity contribution in [1.29, 1.82) is 0 Å². The van der Waals surface area contributed by atoms with Gasteiger partial charge < -0.3 is 0 Å². The summed E-state index contributed by atoms with van der Waals surface area (Å²) in [5, 5.41) is 0. The van der Waals surface area contributed by atoms with Gasteiger partial charge in [-0.2, -0.15) is 0 Å². The summed E-state index contributed by atoms with van der Waals surface area (Å²) in [6.45, 7) is 0. The van der Waals surface area contributed by atoms with Crippen LogP contribution in [0.3, 0.4) is 0 Å². The summed E-state index contributed by atoms with van der Waals surface area (Å²) in [6, 6.07) is 44.4. The van der Waals surface area contributed by atoms with E-state index in [1.807, 2.05) is 109 Å². The van der Waals surface area contributed by atoms with E-state index >= 15 is 0 Å². The molecule has 0 unspecified atom stereocenters. The maximum Gasteiger partial charge on any atom is 0.160 e. The monoisotopic (exact) mass is 462 g/mol. The zero-order chi connectivity index (χ0) is 24.2. The van der Waals surface area contributed by atoms with E-state index in [1.165, 1.54) is 0 Å². The Hall–Kier alpha value is -4.96. The minimum absolute atomic E-state index is 0.660. The van der Waals surface area contributed by atoms with Crippen molar-refractivity contribution in [1.82, 2.24) is 19.9 Å². The van der Waals surface area contributed by atoms with Gasteiger partial charge >= 0.3 is 0 Å². The Bertz CT molecular complexity index is 1360. The Morgan fingerprint density at radius 1 is 0.278 bits per heavy atom. The molecule has 0 aliphatic carbocycles. The van der Waals surface area contributed by atoms with Crippen LogP contribution in [0, 0.1) is 0 Å². The van der Waals surface area contributed by atoms with Crippen LogP contribution in [0.15, 0.2) is 133 Å². The van der Waals surface area contributed by atoms with Crippen LogP contribution in [0.1, 0.15) is 0 Å². The molecule has 4 heteroatoms. The van der Waals surface area contributed by atoms with Crippen molar-refractivity contribution >= 4 is 0 Å². The number of aromatic nitrogens is 4. The van der Waals surface area contributed by atoms with E-state index in [1.54, 1.807) is 0 Å². The molecule has 0 saturated heterocycles. The summed E-state index contributed by atoms with van der Waals surface area (Å²) in [6.07, 6.45) is 0. The molecule has 0 aliphatic rings. The highest BCUT2D eigenvalue weighted by atomic mass is 14.9. The van der Waals surface area contributed by atoms with Crippen LogP contribution in [0.5, 0.6) is 0 Å². The maximum absolute atomic E-state index is 4.97. The van der Waals surface area contributed by atoms with Gasteiger partial charge in [0.2, 0.25) is 0 Å². The summed E-state index contributed by atoms with van der Waals surface area (Å²) in [4.78, 5) is 19.7. The van der Waals surface area contributed by atoms with Gasteiger partial charge in [0.25, 0.3) is 0 Å². The quantitative estimate of drug-likeness (QED) is 0.265. The molecule has 6 aromatic rings. The molecule has 0 bridgehead atoms. The van der Waals surface area contributed by atoms with E-state index in [4.69, 9.17) is 19.9 Å². The van der Waals surface area contributed by atoms with E-state index in [2.05, 4.69) is 24.3 Å². The minimum Gasteiger partial charge on any atom is -0.228 e. The van der Waals surface area contributed by atoms with Gasteiger partial charge in [0, 0.05) is 22.3 Å². The molecule has 4 nitrogen and oxygen atoms in total. The average molecular weight is 463 g/mol. The Balaban J connectivity index is 1.58. The third kappa shape index (κ3) is 4.52. The van der Waals surface area contributed by atoms with E-state index in [-0.39, 0.29) is 0 Å². The number of nitrogens with zero attached hydrogens (tertiary/aromatic N) is 4. The summed E-state index contributed by atoms with van der Waals surface area (Å²) in [5.41, 5.74) is 7.16. The highest BCUT2D eigenvalue weighted by molar-refractivity contribution is 5.74. The standard InChI is InChI=1S/C32H22N4/c1-5-13-23(14-6-1)27-21-29(35-31(33-27)25-17-9-3-10-18-25)30-22-28(24-15-7-2-8-16-24)34-32(36-30)26-19-11-4-12-20-26/h1-22H. The van der Waals surface area contributed by atoms with Crippen molar-refractivity contribution in [2.24, 2.45) is 0 Å². The lowest BCUT2D eigenvalue weighted by Crippen LogP contribution is -2.00. The Morgan fingerprint density at radius 2 is 0.556 bits per heavy atom. The minimum atomic E-state index is 0.660. The fourth-order valence-corrected chi connectivity index (χ4v) is 4.10. The average Bonchev–Trinajstić information content (AvgIpc) is 2.98. The van der Waals surface area contributed by atoms with Crippen molar-refractivity contribution < 1.29 is 0 Å². The largest absolute Gasteiger partial charge is 0.228 e. The van der Waals surface area contributed by atoms with Gasteiger partial charge in [-0.05, 0) is 12.1 Å². The molecule has 0 aliphatic heterocycles. The molecule has 0 fully saturated rings. The van der Waals surface area contributed by atoms with Crippen LogP contribution in [-0.4, -0.2) is 19.9 Å². The lowest BCUT2D eigenvalue weighted by Gasteiger charge is -2.11. The molecule has 0 saturated carbocycles. The van der Waals surface area contributed by atoms with E-state index in [0.29, 0.717) is 11.6 Å². The molecular formula is C32H22N4. The zero-order valence-electron chi connectivity index (χ0n) is 19.5. The smallest absolute Gasteiger partial charge is 0.160 e. The number of hydrogen-bond acceptors (Lipinski definition) is 4. The SMILES string of the molecule is c1ccc(-c2cc(-c3cc(-c4ccccc4)nc(-c4ccccc4)n3)nc(-c3ccccc3)n2)cc1. The first-order valence-corrected chi connectivity index (χ1v) is 11.8. The van der Waals surface area contributed by atoms with Crippen LogP contribution >= 0.6 is 0 Å². The summed E-state index contributed by atoms with van der Waals surface area (Å²) >= 11 is 0. The van der Waals surface area contributed by atoms with Crippen LogP contribution in [-0.2, 0) is 0 Å². The van der Waals surface area contributed by atoms with E-state index < -0.39 is 0 Å². The Kier molecular flexibility index (Phi) is 5.83. The van der Waals surface area contributed by atoms with E-state index in [0.717, 1.165) is 45.0 Å². The molecule has 0 spiro atoms. The second kappa shape index (κ2) is 9.72. The van der Waals surface area contributed by atoms with Gasteiger partial charge in [-0.15, -0.1) is 0 Å². The maximum atomic E-state index is 4.97. The third-order valence-electron chi connectivity index (χ3n) is 5.92. The van der Waals surface area contributed by atoms with Crippen molar-refractivity contribution in [3.63, 3.8) is 0 Å². The lowest BCUT2D eigenvalue weighted by molar-refractivity contribution is 1.13. The molecular weight excluding hydrogens is 440 g/mol. The van der Waals surface area contributed by atoms with Gasteiger partial charge in [0.05, 0.1) is 22.8 Å². The molecule has 0 amide bonds. The summed E-state index contributed by atoms with van der Waals surface area (Å²) < 4.78 is 0. The molecule has 2 heterocycles. The van der Waals surface area contributed by atoms with E-state index in [9.17, 15) is 0 Å². The van der Waals surface area contributed by atoms with Crippen molar-refractivity contribution in [3.8, 4) is 56.7 Å². The Labute approximate surface area is 210 Å². The molecule has 2 aromatic heterocycles. The highest BCUT2D eigenvalue weighted by Crippen LogP contribution is 2.30. The van der Waals surface area contributed by atoms with Gasteiger partial charge in [0.1, 0.15) is 0 Å². The molecule has 36 heavy (non-hydrogen) atoms. The number of hydrogen-bond donors (Lipinski definition) is 0. The molecule has 4 aromatic carbocycles.